The Hall–Kier alpha value is -1.79. The molecule has 7 nitrogen and oxygen atoms in total. The van der Waals surface area contributed by atoms with Crippen LogP contribution in [-0.4, -0.2) is 42.1 Å². The summed E-state index contributed by atoms with van der Waals surface area (Å²) in [7, 11) is 0. The predicted octanol–water partition coefficient (Wildman–Crippen LogP) is -0.181. The highest BCUT2D eigenvalue weighted by molar-refractivity contribution is 5.81. The fourth-order valence-corrected chi connectivity index (χ4v) is 1.75. The monoisotopic (exact) mass is 269 g/mol. The van der Waals surface area contributed by atoms with Gasteiger partial charge >= 0.3 is 12.0 Å². The molecule has 0 aliphatic heterocycles. The van der Waals surface area contributed by atoms with E-state index in [1.165, 1.54) is 0 Å². The van der Waals surface area contributed by atoms with Gasteiger partial charge in [0.1, 0.15) is 0 Å². The quantitative estimate of drug-likeness (QED) is 0.514. The number of aliphatic carboxylic acids is 1. The summed E-state index contributed by atoms with van der Waals surface area (Å²) >= 11 is 0. The highest BCUT2D eigenvalue weighted by Crippen LogP contribution is 2.45. The van der Waals surface area contributed by atoms with Gasteiger partial charge in [-0.2, -0.15) is 0 Å². The van der Waals surface area contributed by atoms with E-state index >= 15 is 0 Å². The van der Waals surface area contributed by atoms with Gasteiger partial charge < -0.3 is 21.1 Å². The van der Waals surface area contributed by atoms with E-state index in [9.17, 15) is 14.4 Å². The molecule has 0 spiro atoms. The van der Waals surface area contributed by atoms with E-state index in [0.29, 0.717) is 18.9 Å². The second-order valence-corrected chi connectivity index (χ2v) is 5.29. The third-order valence-electron chi connectivity index (χ3n) is 3.47. The average molecular weight is 269 g/mol. The van der Waals surface area contributed by atoms with Crippen LogP contribution < -0.4 is 16.0 Å². The van der Waals surface area contributed by atoms with Crippen molar-refractivity contribution in [3.05, 3.63) is 0 Å². The fourth-order valence-electron chi connectivity index (χ4n) is 1.75. The summed E-state index contributed by atoms with van der Waals surface area (Å²) in [5.41, 5.74) is -0.763. The molecule has 106 valence electrons. The maximum Gasteiger partial charge on any atom is 0.314 e. The number of carbonyl (C=O) groups is 3. The van der Waals surface area contributed by atoms with Crippen LogP contribution in [0.3, 0.4) is 0 Å². The van der Waals surface area contributed by atoms with Gasteiger partial charge in [-0.1, -0.05) is 0 Å². The Balaban J connectivity index is 1.54. The van der Waals surface area contributed by atoms with Gasteiger partial charge in [0.15, 0.2) is 0 Å². The molecule has 0 heterocycles. The Kier molecular flexibility index (Phi) is 3.92. The first kappa shape index (κ1) is 13.6. The molecule has 0 unspecified atom stereocenters. The molecule has 0 saturated heterocycles. The summed E-state index contributed by atoms with van der Waals surface area (Å²) in [5.74, 6) is -0.927. The number of urea groups is 1. The first-order chi connectivity index (χ1) is 9.02. The van der Waals surface area contributed by atoms with E-state index in [1.54, 1.807) is 0 Å². The highest BCUT2D eigenvalue weighted by atomic mass is 16.4. The molecular formula is C12H19N3O4. The molecule has 4 N–H and O–H groups in total. The number of amides is 3. The normalized spacial score (nSPS) is 19.4. The summed E-state index contributed by atoms with van der Waals surface area (Å²) < 4.78 is 0. The molecule has 0 radical (unpaired) electrons. The zero-order valence-electron chi connectivity index (χ0n) is 10.7. The molecule has 0 aromatic heterocycles. The minimum atomic E-state index is -0.864. The SMILES string of the molecule is O=C(CCNC(=O)NCC1(C(=O)O)CC1)NC1CC1. The Morgan fingerprint density at radius 1 is 1.16 bits per heavy atom. The second-order valence-electron chi connectivity index (χ2n) is 5.29. The minimum Gasteiger partial charge on any atom is -0.481 e. The van der Waals surface area contributed by atoms with Crippen LogP contribution >= 0.6 is 0 Å². The van der Waals surface area contributed by atoms with E-state index in [2.05, 4.69) is 16.0 Å². The second kappa shape index (κ2) is 5.46. The van der Waals surface area contributed by atoms with Crippen LogP contribution in [0.1, 0.15) is 32.1 Å². The molecule has 0 bridgehead atoms. The lowest BCUT2D eigenvalue weighted by Crippen LogP contribution is -2.42. The van der Waals surface area contributed by atoms with Gasteiger partial charge in [-0.3, -0.25) is 9.59 Å². The lowest BCUT2D eigenvalue weighted by Gasteiger charge is -2.12. The molecule has 3 amide bonds. The number of carboxylic acid groups (broad SMARTS) is 1. The molecular weight excluding hydrogens is 250 g/mol. The molecule has 2 aliphatic carbocycles. The van der Waals surface area contributed by atoms with Gasteiger partial charge in [0, 0.05) is 25.6 Å². The number of hydrogen-bond donors (Lipinski definition) is 4. The molecule has 2 aliphatic rings. The topological polar surface area (TPSA) is 108 Å². The van der Waals surface area contributed by atoms with Gasteiger partial charge in [0.25, 0.3) is 0 Å². The zero-order chi connectivity index (χ0) is 13.9. The van der Waals surface area contributed by atoms with Crippen LogP contribution in [0.2, 0.25) is 0 Å². The van der Waals surface area contributed by atoms with Crippen LogP contribution in [0.5, 0.6) is 0 Å². The standard InChI is InChI=1S/C12H19N3O4/c16-9(15-8-1-2-8)3-6-13-11(19)14-7-12(4-5-12)10(17)18/h8H,1-7H2,(H,15,16)(H,17,18)(H2,13,14,19). The molecule has 7 heteroatoms. The van der Waals surface area contributed by atoms with Crippen molar-refractivity contribution in [3.63, 3.8) is 0 Å². The van der Waals surface area contributed by atoms with E-state index in [1.807, 2.05) is 0 Å². The average Bonchev–Trinajstić information content (AvgIpc) is 3.21. The molecule has 0 atom stereocenters. The third kappa shape index (κ3) is 4.11. The first-order valence-electron chi connectivity index (χ1n) is 6.56. The molecule has 0 aromatic rings. The van der Waals surface area contributed by atoms with Crippen molar-refractivity contribution in [2.24, 2.45) is 5.41 Å². The number of rotatable bonds is 7. The van der Waals surface area contributed by atoms with Crippen molar-refractivity contribution in [3.8, 4) is 0 Å². The number of hydrogen-bond acceptors (Lipinski definition) is 3. The fraction of sp³-hybridized carbons (Fsp3) is 0.750. The largest absolute Gasteiger partial charge is 0.481 e. The molecule has 19 heavy (non-hydrogen) atoms. The lowest BCUT2D eigenvalue weighted by molar-refractivity contribution is -0.143. The molecule has 2 rings (SSSR count). The van der Waals surface area contributed by atoms with Crippen molar-refractivity contribution < 1.29 is 19.5 Å². The Bertz CT molecular complexity index is 388. The molecule has 0 aromatic carbocycles. The number of carboxylic acids is 1. The number of nitrogens with one attached hydrogen (secondary N) is 3. The van der Waals surface area contributed by atoms with Crippen LogP contribution in [0.25, 0.3) is 0 Å². The van der Waals surface area contributed by atoms with Crippen LogP contribution in [-0.2, 0) is 9.59 Å². The predicted molar refractivity (Wildman–Crippen MR) is 66.5 cm³/mol. The van der Waals surface area contributed by atoms with Gasteiger partial charge in [-0.15, -0.1) is 0 Å². The van der Waals surface area contributed by atoms with Crippen LogP contribution in [0.4, 0.5) is 4.79 Å². The van der Waals surface area contributed by atoms with Crippen molar-refractivity contribution >= 4 is 17.9 Å². The van der Waals surface area contributed by atoms with Crippen molar-refractivity contribution in [2.45, 2.75) is 38.1 Å². The van der Waals surface area contributed by atoms with Crippen molar-refractivity contribution in [2.75, 3.05) is 13.1 Å². The first-order valence-corrected chi connectivity index (χ1v) is 6.56. The Labute approximate surface area is 111 Å². The van der Waals surface area contributed by atoms with Crippen molar-refractivity contribution in [1.82, 2.24) is 16.0 Å². The molecule has 2 saturated carbocycles. The Morgan fingerprint density at radius 2 is 1.84 bits per heavy atom. The van der Waals surface area contributed by atoms with Crippen molar-refractivity contribution in [1.29, 1.82) is 0 Å². The van der Waals surface area contributed by atoms with E-state index < -0.39 is 17.4 Å². The van der Waals surface area contributed by atoms with Gasteiger partial charge in [-0.25, -0.2) is 4.79 Å². The highest BCUT2D eigenvalue weighted by Gasteiger charge is 2.50. The summed E-state index contributed by atoms with van der Waals surface area (Å²) in [6.07, 6.45) is 3.53. The smallest absolute Gasteiger partial charge is 0.314 e. The maximum atomic E-state index is 11.4. The van der Waals surface area contributed by atoms with Gasteiger partial charge in [-0.05, 0) is 25.7 Å². The minimum absolute atomic E-state index is 0.0630. The van der Waals surface area contributed by atoms with E-state index in [4.69, 9.17) is 5.11 Å². The summed E-state index contributed by atoms with van der Waals surface area (Å²) in [5, 5.41) is 16.8. The zero-order valence-corrected chi connectivity index (χ0v) is 10.7. The third-order valence-corrected chi connectivity index (χ3v) is 3.47. The molecule has 2 fully saturated rings. The van der Waals surface area contributed by atoms with Gasteiger partial charge in [0.2, 0.25) is 5.91 Å². The summed E-state index contributed by atoms with van der Waals surface area (Å²) in [4.78, 5) is 33.6. The summed E-state index contributed by atoms with van der Waals surface area (Å²) in [6.45, 7) is 0.396. The van der Waals surface area contributed by atoms with Gasteiger partial charge in [0.05, 0.1) is 5.41 Å². The maximum absolute atomic E-state index is 11.4. The van der Waals surface area contributed by atoms with E-state index in [0.717, 1.165) is 12.8 Å². The lowest BCUT2D eigenvalue weighted by atomic mass is 10.1. The van der Waals surface area contributed by atoms with E-state index in [-0.39, 0.29) is 25.4 Å². The van der Waals surface area contributed by atoms with Crippen LogP contribution in [0, 0.1) is 5.41 Å². The Morgan fingerprint density at radius 3 is 2.37 bits per heavy atom. The van der Waals surface area contributed by atoms with Crippen LogP contribution in [0.15, 0.2) is 0 Å². The summed E-state index contributed by atoms with van der Waals surface area (Å²) in [6, 6.07) is -0.0987. The number of carbonyl (C=O) groups excluding carboxylic acids is 2.